The Bertz CT molecular complexity index is 730. The molecule has 1 atom stereocenters. The summed E-state index contributed by atoms with van der Waals surface area (Å²) in [6.45, 7) is 0.312. The maximum atomic E-state index is 13.4. The largest absolute Gasteiger partial charge is 0.588 e. The number of likely N-dealkylation sites (N-methyl/N-ethyl adjacent to an activating group) is 1. The summed E-state index contributed by atoms with van der Waals surface area (Å²) in [5.74, 6) is -0.452. The Morgan fingerprint density at radius 3 is 1.78 bits per heavy atom. The van der Waals surface area contributed by atoms with E-state index in [1.165, 1.54) is 0 Å². The first-order valence-electron chi connectivity index (χ1n) is 8.45. The number of aliphatic carboxylic acids is 1. The lowest BCUT2D eigenvalue weighted by molar-refractivity contribution is -0.873. The third-order valence-corrected chi connectivity index (χ3v) is 4.78. The first-order valence-corrected chi connectivity index (χ1v) is 9.91. The Balaban J connectivity index is 2.28. The summed E-state index contributed by atoms with van der Waals surface area (Å²) in [5.41, 5.74) is 0. The molecule has 0 aliphatic carbocycles. The molecule has 0 bridgehead atoms. The summed E-state index contributed by atoms with van der Waals surface area (Å²) in [5, 5.41) is 9.20. The summed E-state index contributed by atoms with van der Waals surface area (Å²) in [4.78, 5) is 11.2. The van der Waals surface area contributed by atoms with Crippen LogP contribution in [-0.2, 0) is 13.9 Å². The zero-order valence-electron chi connectivity index (χ0n) is 15.6. The lowest BCUT2D eigenvalue weighted by atomic mass is 10.2. The Morgan fingerprint density at radius 2 is 1.41 bits per heavy atom. The van der Waals surface area contributed by atoms with Crippen molar-refractivity contribution in [1.82, 2.24) is 0 Å². The van der Waals surface area contributed by atoms with Crippen LogP contribution < -0.4 is 9.05 Å². The van der Waals surface area contributed by atoms with Gasteiger partial charge in [0.2, 0.25) is 0 Å². The number of rotatable bonds is 10. The molecule has 0 radical (unpaired) electrons. The molecule has 0 spiro atoms. The molecule has 1 N–H and O–H groups in total. The maximum Gasteiger partial charge on any atom is 0.588 e. The number of nitrogens with zero attached hydrogens (tertiary/aromatic N) is 1. The van der Waals surface area contributed by atoms with Gasteiger partial charge < -0.3 is 18.6 Å². The second-order valence-corrected chi connectivity index (χ2v) is 8.52. The van der Waals surface area contributed by atoms with Gasteiger partial charge in [-0.25, -0.2) is 4.57 Å². The normalized spacial score (nSPS) is 13.0. The highest BCUT2D eigenvalue weighted by Crippen LogP contribution is 2.51. The molecule has 0 aromatic heterocycles. The number of carbonyl (C=O) groups is 1. The molecule has 2 aromatic carbocycles. The van der Waals surface area contributed by atoms with Crippen LogP contribution in [0.15, 0.2) is 60.7 Å². The zero-order valence-corrected chi connectivity index (χ0v) is 16.5. The van der Waals surface area contributed by atoms with Crippen LogP contribution in [0.5, 0.6) is 11.5 Å². The van der Waals surface area contributed by atoms with Crippen molar-refractivity contribution in [1.29, 1.82) is 0 Å². The van der Waals surface area contributed by atoms with Crippen LogP contribution in [0.3, 0.4) is 0 Å². The first kappa shape index (κ1) is 21.0. The van der Waals surface area contributed by atoms with Gasteiger partial charge in [0.25, 0.3) is 0 Å². The molecule has 0 heterocycles. The van der Waals surface area contributed by atoms with Crippen molar-refractivity contribution >= 4 is 13.8 Å². The lowest BCUT2D eigenvalue weighted by Crippen LogP contribution is -2.43. The first-order chi connectivity index (χ1) is 12.7. The van der Waals surface area contributed by atoms with E-state index in [-0.39, 0.29) is 6.42 Å². The van der Waals surface area contributed by atoms with E-state index < -0.39 is 19.9 Å². The van der Waals surface area contributed by atoms with Gasteiger partial charge in [0.1, 0.15) is 24.1 Å². The van der Waals surface area contributed by atoms with Gasteiger partial charge in [-0.2, -0.15) is 0 Å². The van der Waals surface area contributed by atoms with E-state index in [0.29, 0.717) is 22.5 Å². The van der Waals surface area contributed by atoms with Crippen LogP contribution in [0.25, 0.3) is 0 Å². The molecule has 0 aliphatic heterocycles. The summed E-state index contributed by atoms with van der Waals surface area (Å²) in [7, 11) is 1.53. The van der Waals surface area contributed by atoms with Crippen LogP contribution in [-0.4, -0.2) is 49.4 Å². The molecule has 8 heteroatoms. The van der Waals surface area contributed by atoms with Crippen LogP contribution in [0, 0.1) is 0 Å². The molecule has 0 saturated carbocycles. The topological polar surface area (TPSA) is 82.1 Å². The van der Waals surface area contributed by atoms with Gasteiger partial charge in [-0.3, -0.25) is 9.32 Å². The molecule has 2 aromatic rings. The zero-order chi connectivity index (χ0) is 19.9. The summed E-state index contributed by atoms with van der Waals surface area (Å²) >= 11 is 0. The van der Waals surface area contributed by atoms with Crippen molar-refractivity contribution in [3.63, 3.8) is 0 Å². The van der Waals surface area contributed by atoms with Gasteiger partial charge in [-0.05, 0) is 24.3 Å². The predicted octanol–water partition coefficient (Wildman–Crippen LogP) is 3.82. The Morgan fingerprint density at radius 1 is 0.963 bits per heavy atom. The summed E-state index contributed by atoms with van der Waals surface area (Å²) in [6, 6.07) is 17.0. The highest BCUT2D eigenvalue weighted by atomic mass is 31.2. The number of carboxylic acid groups (broad SMARTS) is 1. The monoisotopic (exact) mass is 394 g/mol. The van der Waals surface area contributed by atoms with Gasteiger partial charge in [0, 0.05) is 0 Å². The third-order valence-electron chi connectivity index (χ3n) is 3.35. The molecular weight excluding hydrogens is 369 g/mol. The van der Waals surface area contributed by atoms with Crippen molar-refractivity contribution in [3.05, 3.63) is 60.7 Å². The Hall–Kier alpha value is -2.34. The minimum Gasteiger partial charge on any atom is -0.481 e. The van der Waals surface area contributed by atoms with Crippen LogP contribution in [0.4, 0.5) is 0 Å². The average Bonchev–Trinajstić information content (AvgIpc) is 2.54. The number of para-hydroxylation sites is 2. The van der Waals surface area contributed by atoms with Crippen molar-refractivity contribution in [3.8, 4) is 11.5 Å². The molecule has 146 valence electrons. The smallest absolute Gasteiger partial charge is 0.481 e. The highest BCUT2D eigenvalue weighted by Gasteiger charge is 2.37. The molecule has 2 rings (SSSR count). The number of hydrogen-bond acceptors (Lipinski definition) is 5. The van der Waals surface area contributed by atoms with E-state index in [0.717, 1.165) is 0 Å². The maximum absolute atomic E-state index is 13.4. The van der Waals surface area contributed by atoms with E-state index in [1.54, 1.807) is 60.7 Å². The van der Waals surface area contributed by atoms with E-state index in [2.05, 4.69) is 0 Å². The lowest BCUT2D eigenvalue weighted by Gasteiger charge is -2.30. The van der Waals surface area contributed by atoms with Gasteiger partial charge in [0.05, 0.1) is 27.6 Å². The molecule has 1 unspecified atom stereocenters. The third kappa shape index (κ3) is 7.83. The number of phosphoric acid groups is 1. The van der Waals surface area contributed by atoms with E-state index >= 15 is 0 Å². The van der Waals surface area contributed by atoms with E-state index in [1.807, 2.05) is 21.1 Å². The van der Waals surface area contributed by atoms with Gasteiger partial charge >= 0.3 is 13.8 Å². The van der Waals surface area contributed by atoms with Gasteiger partial charge in [-0.1, -0.05) is 36.4 Å². The molecule has 7 nitrogen and oxygen atoms in total. The minimum absolute atomic E-state index is 0.302. The minimum atomic E-state index is -4.13. The van der Waals surface area contributed by atoms with Crippen LogP contribution in [0.1, 0.15) is 6.42 Å². The quantitative estimate of drug-likeness (QED) is 0.487. The fourth-order valence-electron chi connectivity index (χ4n) is 2.41. The number of quaternary nitrogens is 1. The van der Waals surface area contributed by atoms with Gasteiger partial charge in [0.15, 0.2) is 0 Å². The second kappa shape index (κ2) is 9.04. The van der Waals surface area contributed by atoms with Gasteiger partial charge in [-0.15, -0.1) is 0 Å². The fraction of sp³-hybridized carbons (Fsp3) is 0.316. The number of carboxylic acids is 1. The van der Waals surface area contributed by atoms with Crippen LogP contribution in [0.2, 0.25) is 0 Å². The van der Waals surface area contributed by atoms with E-state index in [9.17, 15) is 14.5 Å². The fourth-order valence-corrected chi connectivity index (χ4v) is 3.80. The number of hydrogen-bond donors (Lipinski definition) is 1. The number of phosphoric ester groups is 1. The standard InChI is InChI=1S/C19H24NO6P/c1-20(2,3)15-18(14-19(21)22)26-27(23,24-16-10-6-4-7-11-16)25-17-12-8-5-9-13-17/h4-13,18H,14-15H2,1-3H3/p+1. The SMILES string of the molecule is C[N+](C)(C)CC(CC(=O)O)OP(=O)(Oc1ccccc1)Oc1ccccc1. The molecule has 0 amide bonds. The summed E-state index contributed by atoms with van der Waals surface area (Å²) < 4.78 is 30.5. The Labute approximate surface area is 159 Å². The average molecular weight is 394 g/mol. The van der Waals surface area contributed by atoms with Crippen molar-refractivity contribution < 1.29 is 32.5 Å². The molecule has 27 heavy (non-hydrogen) atoms. The predicted molar refractivity (Wildman–Crippen MR) is 102 cm³/mol. The van der Waals surface area contributed by atoms with Crippen molar-refractivity contribution in [2.45, 2.75) is 12.5 Å². The Kier molecular flexibility index (Phi) is 7.02. The molecular formula is C19H25NO6P+. The van der Waals surface area contributed by atoms with Crippen molar-refractivity contribution in [2.24, 2.45) is 0 Å². The second-order valence-electron chi connectivity index (χ2n) is 7.05. The highest BCUT2D eigenvalue weighted by molar-refractivity contribution is 7.49. The number of benzene rings is 2. The molecule has 0 saturated heterocycles. The molecule has 0 fully saturated rings. The molecule has 0 aliphatic rings. The summed E-state index contributed by atoms with van der Waals surface area (Å²) in [6.07, 6.45) is -1.18. The van der Waals surface area contributed by atoms with E-state index in [4.69, 9.17) is 13.6 Å². The van der Waals surface area contributed by atoms with Crippen molar-refractivity contribution in [2.75, 3.05) is 27.7 Å². The van der Waals surface area contributed by atoms with Crippen LogP contribution >= 0.6 is 7.82 Å².